The van der Waals surface area contributed by atoms with Crippen molar-refractivity contribution in [3.8, 4) is 5.75 Å². The largest absolute Gasteiger partial charge is 0.573 e. The maximum absolute atomic E-state index is 12.3. The highest BCUT2D eigenvalue weighted by Gasteiger charge is 2.34. The molecule has 0 spiro atoms. The van der Waals surface area contributed by atoms with Gasteiger partial charge in [-0.1, -0.05) is 18.2 Å². The number of hydrogen-bond donors (Lipinski definition) is 3. The molecule has 1 aromatic rings. The van der Waals surface area contributed by atoms with E-state index < -0.39 is 18.0 Å². The molecule has 0 bridgehead atoms. The third-order valence-corrected chi connectivity index (χ3v) is 3.74. The third-order valence-electron chi connectivity index (χ3n) is 3.74. The van der Waals surface area contributed by atoms with E-state index in [4.69, 9.17) is 0 Å². The van der Waals surface area contributed by atoms with Gasteiger partial charge in [-0.2, -0.15) is 0 Å². The number of carbonyl (C=O) groups excluding carboxylic acids is 1. The van der Waals surface area contributed by atoms with Crippen molar-refractivity contribution in [2.24, 2.45) is 0 Å². The lowest BCUT2D eigenvalue weighted by Gasteiger charge is -2.36. The van der Waals surface area contributed by atoms with Crippen LogP contribution < -0.4 is 15.4 Å². The van der Waals surface area contributed by atoms with Crippen LogP contribution in [0, 0.1) is 0 Å². The van der Waals surface area contributed by atoms with Crippen LogP contribution in [0.15, 0.2) is 24.3 Å². The zero-order valence-electron chi connectivity index (χ0n) is 12.4. The summed E-state index contributed by atoms with van der Waals surface area (Å²) in [5.41, 5.74) is -0.465. The summed E-state index contributed by atoms with van der Waals surface area (Å²) < 4.78 is 40.8. The zero-order chi connectivity index (χ0) is 16.9. The molecule has 0 radical (unpaired) electrons. The summed E-state index contributed by atoms with van der Waals surface area (Å²) in [6, 6.07) is 5.33. The Bertz CT molecular complexity index is 545. The van der Waals surface area contributed by atoms with E-state index in [9.17, 15) is 23.1 Å². The smallest absolute Gasteiger partial charge is 0.406 e. The number of amides is 2. The second kappa shape index (κ2) is 7.08. The molecule has 8 heteroatoms. The van der Waals surface area contributed by atoms with Crippen molar-refractivity contribution in [1.29, 1.82) is 0 Å². The van der Waals surface area contributed by atoms with Gasteiger partial charge < -0.3 is 20.5 Å². The first-order chi connectivity index (χ1) is 10.8. The van der Waals surface area contributed by atoms with Crippen molar-refractivity contribution < 1.29 is 27.8 Å². The first-order valence-corrected chi connectivity index (χ1v) is 7.35. The normalized spacial score (nSPS) is 16.3. The lowest BCUT2D eigenvalue weighted by molar-refractivity contribution is -0.274. The summed E-state index contributed by atoms with van der Waals surface area (Å²) in [6.07, 6.45) is -2.29. The molecule has 1 aliphatic rings. The number of halogens is 3. The van der Waals surface area contributed by atoms with Crippen molar-refractivity contribution in [1.82, 2.24) is 10.6 Å². The molecular weight excluding hydrogens is 313 g/mol. The predicted octanol–water partition coefficient (Wildman–Crippen LogP) is 2.34. The van der Waals surface area contributed by atoms with Gasteiger partial charge in [0, 0.05) is 13.1 Å². The zero-order valence-corrected chi connectivity index (χ0v) is 12.4. The van der Waals surface area contributed by atoms with Crippen molar-refractivity contribution in [3.63, 3.8) is 0 Å². The molecule has 23 heavy (non-hydrogen) atoms. The number of benzene rings is 1. The quantitative estimate of drug-likeness (QED) is 0.749. The van der Waals surface area contributed by atoms with Gasteiger partial charge >= 0.3 is 12.4 Å². The van der Waals surface area contributed by atoms with Gasteiger partial charge in [0.05, 0.1) is 5.60 Å². The molecule has 128 valence electrons. The Morgan fingerprint density at radius 2 is 1.96 bits per heavy atom. The second-order valence-corrected chi connectivity index (χ2v) is 5.59. The first-order valence-electron chi connectivity index (χ1n) is 7.35. The first kappa shape index (κ1) is 17.4. The highest BCUT2D eigenvalue weighted by Crippen LogP contribution is 2.30. The minimum Gasteiger partial charge on any atom is -0.406 e. The molecule has 5 nitrogen and oxygen atoms in total. The van der Waals surface area contributed by atoms with E-state index in [1.54, 1.807) is 6.07 Å². The van der Waals surface area contributed by atoms with E-state index in [1.165, 1.54) is 18.2 Å². The molecule has 1 aliphatic carbocycles. The molecule has 1 saturated carbocycles. The molecule has 0 unspecified atom stereocenters. The Hall–Kier alpha value is -1.96. The van der Waals surface area contributed by atoms with Crippen molar-refractivity contribution in [2.75, 3.05) is 13.1 Å². The molecule has 0 aliphatic heterocycles. The summed E-state index contributed by atoms with van der Waals surface area (Å²) in [5, 5.41) is 14.9. The lowest BCUT2D eigenvalue weighted by atomic mass is 9.80. The van der Waals surface area contributed by atoms with Gasteiger partial charge in [-0.05, 0) is 37.3 Å². The molecule has 1 fully saturated rings. The molecule has 1 aromatic carbocycles. The Balaban J connectivity index is 1.76. The molecule has 0 saturated heterocycles. The second-order valence-electron chi connectivity index (χ2n) is 5.59. The van der Waals surface area contributed by atoms with Gasteiger partial charge in [-0.3, -0.25) is 0 Å². The number of alkyl halides is 3. The van der Waals surface area contributed by atoms with Gasteiger partial charge in [0.2, 0.25) is 0 Å². The van der Waals surface area contributed by atoms with Crippen LogP contribution >= 0.6 is 0 Å². The fourth-order valence-corrected chi connectivity index (χ4v) is 2.31. The number of rotatable bonds is 6. The Labute approximate surface area is 131 Å². The number of nitrogens with one attached hydrogen (secondary N) is 2. The van der Waals surface area contributed by atoms with Crippen LogP contribution in [0.3, 0.4) is 0 Å². The average molecular weight is 332 g/mol. The average Bonchev–Trinajstić information content (AvgIpc) is 2.43. The van der Waals surface area contributed by atoms with E-state index >= 15 is 0 Å². The van der Waals surface area contributed by atoms with Crippen LogP contribution in [-0.2, 0) is 6.42 Å². The summed E-state index contributed by atoms with van der Waals surface area (Å²) in [4.78, 5) is 11.6. The third kappa shape index (κ3) is 5.63. The molecule has 0 heterocycles. The van der Waals surface area contributed by atoms with Gasteiger partial charge in [-0.15, -0.1) is 13.2 Å². The Morgan fingerprint density at radius 1 is 1.26 bits per heavy atom. The number of ether oxygens (including phenoxy) is 1. The summed E-state index contributed by atoms with van der Waals surface area (Å²) >= 11 is 0. The number of aliphatic hydroxyl groups is 1. The SMILES string of the molecule is O=C(NCCc1ccccc1OC(F)(F)F)NCC1(O)CCC1. The molecule has 0 atom stereocenters. The minimum atomic E-state index is -4.75. The minimum absolute atomic E-state index is 0.155. The van der Waals surface area contributed by atoms with Crippen LogP contribution in [0.1, 0.15) is 24.8 Å². The van der Waals surface area contributed by atoms with Gasteiger partial charge in [-0.25, -0.2) is 4.79 Å². The van der Waals surface area contributed by atoms with Crippen LogP contribution in [0.5, 0.6) is 5.75 Å². The lowest BCUT2D eigenvalue weighted by Crippen LogP contribution is -2.50. The van der Waals surface area contributed by atoms with Crippen molar-refractivity contribution >= 4 is 6.03 Å². The number of urea groups is 1. The van der Waals surface area contributed by atoms with Crippen LogP contribution in [0.25, 0.3) is 0 Å². The van der Waals surface area contributed by atoms with Crippen LogP contribution in [0.2, 0.25) is 0 Å². The highest BCUT2D eigenvalue weighted by atomic mass is 19.4. The number of hydrogen-bond acceptors (Lipinski definition) is 3. The van der Waals surface area contributed by atoms with Crippen molar-refractivity contribution in [3.05, 3.63) is 29.8 Å². The fraction of sp³-hybridized carbons (Fsp3) is 0.533. The van der Waals surface area contributed by atoms with Crippen molar-refractivity contribution in [2.45, 2.75) is 37.6 Å². The van der Waals surface area contributed by atoms with E-state index in [1.807, 2.05) is 0 Å². The van der Waals surface area contributed by atoms with E-state index in [0.717, 1.165) is 6.42 Å². The highest BCUT2D eigenvalue weighted by molar-refractivity contribution is 5.73. The van der Waals surface area contributed by atoms with Gasteiger partial charge in [0.25, 0.3) is 0 Å². The molecular formula is C15H19F3N2O3. The fourth-order valence-electron chi connectivity index (χ4n) is 2.31. The maximum atomic E-state index is 12.3. The van der Waals surface area contributed by atoms with Gasteiger partial charge in [0.15, 0.2) is 0 Å². The summed E-state index contributed by atoms with van der Waals surface area (Å²) in [7, 11) is 0. The molecule has 3 N–H and O–H groups in total. The summed E-state index contributed by atoms with van der Waals surface area (Å²) in [6.45, 7) is 0.328. The van der Waals surface area contributed by atoms with Crippen LogP contribution in [0.4, 0.5) is 18.0 Å². The van der Waals surface area contributed by atoms with E-state index in [-0.39, 0.29) is 25.3 Å². The standard InChI is InChI=1S/C15H19F3N2O3/c16-15(17,18)23-12-5-2-1-4-11(12)6-9-19-13(21)20-10-14(22)7-3-8-14/h1-2,4-5,22H,3,6-10H2,(H2,19,20,21). The molecule has 0 aromatic heterocycles. The number of para-hydroxylation sites is 1. The summed E-state index contributed by atoms with van der Waals surface area (Å²) in [5.74, 6) is -0.272. The van der Waals surface area contributed by atoms with E-state index in [0.29, 0.717) is 18.4 Å². The maximum Gasteiger partial charge on any atom is 0.573 e. The Kier molecular flexibility index (Phi) is 5.35. The Morgan fingerprint density at radius 3 is 2.57 bits per heavy atom. The number of carbonyl (C=O) groups is 1. The monoisotopic (exact) mass is 332 g/mol. The predicted molar refractivity (Wildman–Crippen MR) is 77.0 cm³/mol. The van der Waals surface area contributed by atoms with Gasteiger partial charge in [0.1, 0.15) is 5.75 Å². The molecule has 2 rings (SSSR count). The molecule has 2 amide bonds. The van der Waals surface area contributed by atoms with E-state index in [2.05, 4.69) is 15.4 Å². The topological polar surface area (TPSA) is 70.6 Å². The van der Waals surface area contributed by atoms with Crippen LogP contribution in [-0.4, -0.2) is 36.2 Å².